The molecule has 3 fully saturated rings. The fourth-order valence-electron chi connectivity index (χ4n) is 4.36. The average molecular weight is 378 g/mol. The molecule has 0 unspecified atom stereocenters. The molecule has 0 aromatic heterocycles. The third-order valence-corrected chi connectivity index (χ3v) is 5.99. The van der Waals surface area contributed by atoms with E-state index in [0.717, 1.165) is 5.56 Å². The molecule has 1 saturated carbocycles. The maximum absolute atomic E-state index is 12.9. The van der Waals surface area contributed by atoms with E-state index in [1.54, 1.807) is 0 Å². The van der Waals surface area contributed by atoms with Crippen molar-refractivity contribution < 1.29 is 23.1 Å². The fraction of sp³-hybridized carbons (Fsp3) is 0.600. The van der Waals surface area contributed by atoms with Gasteiger partial charge in [0.05, 0.1) is 12.7 Å². The predicted molar refractivity (Wildman–Crippen MR) is 94.5 cm³/mol. The van der Waals surface area contributed by atoms with Gasteiger partial charge in [0.25, 0.3) is 5.91 Å². The van der Waals surface area contributed by atoms with Gasteiger partial charge >= 0.3 is 0 Å². The number of rotatable bonds is 4. The molecule has 2 heterocycles. The van der Waals surface area contributed by atoms with E-state index < -0.39 is 11.8 Å². The Balaban J connectivity index is 1.31. The Morgan fingerprint density at radius 2 is 2.07 bits per heavy atom. The summed E-state index contributed by atoms with van der Waals surface area (Å²) in [5, 5.41) is 2.80. The average Bonchev–Trinajstić information content (AvgIpc) is 3.17. The number of hydrogen-bond acceptors (Lipinski definition) is 3. The lowest BCUT2D eigenvalue weighted by Crippen LogP contribution is -2.46. The fourth-order valence-corrected chi connectivity index (χ4v) is 4.36. The number of likely N-dealkylation sites (tertiary alicyclic amines) is 1. The van der Waals surface area contributed by atoms with Crippen LogP contribution in [0.2, 0.25) is 0 Å². The molecule has 0 bridgehead atoms. The molecular weight excluding hydrogens is 354 g/mol. The summed E-state index contributed by atoms with van der Waals surface area (Å²) in [6.07, 6.45) is -0.732. The topological polar surface area (TPSA) is 58.6 Å². The van der Waals surface area contributed by atoms with Crippen LogP contribution in [0.3, 0.4) is 0 Å². The third kappa shape index (κ3) is 3.70. The van der Waals surface area contributed by atoms with Gasteiger partial charge in [-0.25, -0.2) is 8.78 Å². The largest absolute Gasteiger partial charge is 0.376 e. The van der Waals surface area contributed by atoms with Crippen molar-refractivity contribution in [3.63, 3.8) is 0 Å². The standard InChI is InChI=1S/C20H24F2N2O3/c1-12-3-2-4-13(5-12)19(26)24-9-16-15(11-27-17(16)10-24)8-23-18(25)14-6-20(21,22)7-14/h2-5,14-17H,6-11H2,1H3,(H,23,25)/t15-,16+,17+/m0/s1. The predicted octanol–water partition coefficient (Wildman–Crippen LogP) is 2.24. The van der Waals surface area contributed by atoms with Crippen LogP contribution in [0.4, 0.5) is 8.78 Å². The number of carbonyl (C=O) groups excluding carboxylic acids is 2. The van der Waals surface area contributed by atoms with Gasteiger partial charge in [0.1, 0.15) is 0 Å². The number of halogens is 2. The van der Waals surface area contributed by atoms with Crippen LogP contribution in [0.1, 0.15) is 28.8 Å². The molecule has 0 spiro atoms. The van der Waals surface area contributed by atoms with E-state index in [0.29, 0.717) is 31.8 Å². The second-order valence-electron chi connectivity index (χ2n) is 8.08. The number of fused-ring (bicyclic) bond motifs is 1. The molecule has 27 heavy (non-hydrogen) atoms. The molecule has 5 nitrogen and oxygen atoms in total. The minimum atomic E-state index is -2.69. The number of benzene rings is 1. The molecule has 2 aliphatic heterocycles. The van der Waals surface area contributed by atoms with Crippen LogP contribution in [-0.4, -0.2) is 55.0 Å². The van der Waals surface area contributed by atoms with E-state index >= 15 is 0 Å². The van der Waals surface area contributed by atoms with Gasteiger partial charge in [-0.15, -0.1) is 0 Å². The van der Waals surface area contributed by atoms with Crippen LogP contribution in [0.15, 0.2) is 24.3 Å². The van der Waals surface area contributed by atoms with Crippen molar-refractivity contribution in [2.45, 2.75) is 31.8 Å². The first-order valence-corrected chi connectivity index (χ1v) is 9.45. The number of carbonyl (C=O) groups is 2. The van der Waals surface area contributed by atoms with Gasteiger partial charge in [-0.05, 0) is 19.1 Å². The molecule has 2 saturated heterocycles. The lowest BCUT2D eigenvalue weighted by atomic mass is 9.80. The Kier molecular flexibility index (Phi) is 4.66. The molecule has 7 heteroatoms. The summed E-state index contributed by atoms with van der Waals surface area (Å²) in [7, 11) is 0. The first kappa shape index (κ1) is 18.3. The maximum atomic E-state index is 12.9. The zero-order valence-electron chi connectivity index (χ0n) is 15.3. The van der Waals surface area contributed by atoms with Crippen LogP contribution in [0, 0.1) is 24.7 Å². The van der Waals surface area contributed by atoms with Crippen molar-refractivity contribution in [3.05, 3.63) is 35.4 Å². The van der Waals surface area contributed by atoms with Crippen molar-refractivity contribution in [2.24, 2.45) is 17.8 Å². The van der Waals surface area contributed by atoms with E-state index in [9.17, 15) is 18.4 Å². The van der Waals surface area contributed by atoms with Gasteiger partial charge in [0.2, 0.25) is 11.8 Å². The second-order valence-corrected chi connectivity index (χ2v) is 8.08. The summed E-state index contributed by atoms with van der Waals surface area (Å²) < 4.78 is 31.7. The normalized spacial score (nSPS) is 29.3. The van der Waals surface area contributed by atoms with E-state index in [-0.39, 0.29) is 42.6 Å². The second kappa shape index (κ2) is 6.86. The summed E-state index contributed by atoms with van der Waals surface area (Å²) in [5.41, 5.74) is 1.71. The first-order valence-electron chi connectivity index (χ1n) is 9.45. The Bertz CT molecular complexity index is 746. The highest BCUT2D eigenvalue weighted by atomic mass is 19.3. The molecule has 2 amide bonds. The van der Waals surface area contributed by atoms with Gasteiger partial charge in [-0.3, -0.25) is 9.59 Å². The summed E-state index contributed by atoms with van der Waals surface area (Å²) >= 11 is 0. The molecule has 1 aromatic carbocycles. The molecule has 4 rings (SSSR count). The Morgan fingerprint density at radius 3 is 2.78 bits per heavy atom. The van der Waals surface area contributed by atoms with E-state index in [1.165, 1.54) is 0 Å². The molecule has 1 N–H and O–H groups in total. The Morgan fingerprint density at radius 1 is 1.30 bits per heavy atom. The molecule has 1 aromatic rings. The molecule has 146 valence electrons. The van der Waals surface area contributed by atoms with Gasteiger partial charge < -0.3 is 15.0 Å². The van der Waals surface area contributed by atoms with Crippen LogP contribution in [0.25, 0.3) is 0 Å². The van der Waals surface area contributed by atoms with Crippen molar-refractivity contribution in [1.29, 1.82) is 0 Å². The van der Waals surface area contributed by atoms with Crippen LogP contribution < -0.4 is 5.32 Å². The number of nitrogens with one attached hydrogen (secondary N) is 1. The zero-order chi connectivity index (χ0) is 19.2. The van der Waals surface area contributed by atoms with Gasteiger partial charge in [-0.1, -0.05) is 17.7 Å². The number of nitrogens with zero attached hydrogens (tertiary/aromatic N) is 1. The van der Waals surface area contributed by atoms with Crippen molar-refractivity contribution in [1.82, 2.24) is 10.2 Å². The smallest absolute Gasteiger partial charge is 0.253 e. The van der Waals surface area contributed by atoms with Gasteiger partial charge in [0.15, 0.2) is 0 Å². The molecule has 0 radical (unpaired) electrons. The van der Waals surface area contributed by atoms with Crippen molar-refractivity contribution in [3.8, 4) is 0 Å². The number of amides is 2. The SMILES string of the molecule is Cc1cccc(C(=O)N2C[C@@H]3[C@@H](CNC(=O)C4CC(F)(F)C4)CO[C@@H]3C2)c1. The third-order valence-electron chi connectivity index (χ3n) is 5.99. The number of alkyl halides is 2. The summed E-state index contributed by atoms with van der Waals surface area (Å²) in [4.78, 5) is 26.5. The maximum Gasteiger partial charge on any atom is 0.253 e. The quantitative estimate of drug-likeness (QED) is 0.874. The van der Waals surface area contributed by atoms with Gasteiger partial charge in [-0.2, -0.15) is 0 Å². The van der Waals surface area contributed by atoms with E-state index in [2.05, 4.69) is 5.32 Å². The van der Waals surface area contributed by atoms with Gasteiger partial charge in [0, 0.05) is 55.8 Å². The lowest BCUT2D eigenvalue weighted by molar-refractivity contribution is -0.150. The number of hydrogen-bond donors (Lipinski definition) is 1. The highest BCUT2D eigenvalue weighted by molar-refractivity contribution is 5.94. The molecule has 3 aliphatic rings. The number of ether oxygens (including phenoxy) is 1. The van der Waals surface area contributed by atoms with Crippen LogP contribution >= 0.6 is 0 Å². The molecular formula is C20H24F2N2O3. The monoisotopic (exact) mass is 378 g/mol. The van der Waals surface area contributed by atoms with Crippen LogP contribution in [0.5, 0.6) is 0 Å². The van der Waals surface area contributed by atoms with Crippen molar-refractivity contribution in [2.75, 3.05) is 26.2 Å². The molecule has 1 aliphatic carbocycles. The lowest BCUT2D eigenvalue weighted by Gasteiger charge is -2.34. The Labute approximate surface area is 157 Å². The highest BCUT2D eigenvalue weighted by Crippen LogP contribution is 2.42. The summed E-state index contributed by atoms with van der Waals surface area (Å²) in [5.74, 6) is -3.30. The van der Waals surface area contributed by atoms with E-state index in [4.69, 9.17) is 4.74 Å². The molecule has 3 atom stereocenters. The summed E-state index contributed by atoms with van der Waals surface area (Å²) in [6, 6.07) is 7.52. The van der Waals surface area contributed by atoms with Crippen molar-refractivity contribution >= 4 is 11.8 Å². The van der Waals surface area contributed by atoms with E-state index in [1.807, 2.05) is 36.1 Å². The summed E-state index contributed by atoms with van der Waals surface area (Å²) in [6.45, 7) is 4.04. The number of aryl methyl sites for hydroxylation is 1. The highest BCUT2D eigenvalue weighted by Gasteiger charge is 2.49. The minimum Gasteiger partial charge on any atom is -0.376 e. The zero-order valence-corrected chi connectivity index (χ0v) is 15.3. The Hall–Kier alpha value is -2.02. The van der Waals surface area contributed by atoms with Crippen LogP contribution in [-0.2, 0) is 9.53 Å². The first-order chi connectivity index (χ1) is 12.8. The minimum absolute atomic E-state index is 0.00353.